The number of halogens is 5. The van der Waals surface area contributed by atoms with E-state index in [1.54, 1.807) is 0 Å². The number of carbonyl (C=O) groups excluding carboxylic acids is 2. The van der Waals surface area contributed by atoms with E-state index in [4.69, 9.17) is 4.74 Å². The molecule has 3 aromatic rings. The van der Waals surface area contributed by atoms with Crippen LogP contribution in [0.15, 0.2) is 49.2 Å². The molecule has 1 aliphatic rings. The molecule has 1 atom stereocenters. The van der Waals surface area contributed by atoms with Gasteiger partial charge in [0.1, 0.15) is 23.5 Å². The molecular weight excluding hydrogens is 503 g/mol. The summed E-state index contributed by atoms with van der Waals surface area (Å²) in [6, 6.07) is 2.92. The molecule has 0 spiro atoms. The van der Waals surface area contributed by atoms with E-state index in [1.165, 1.54) is 18.7 Å². The van der Waals surface area contributed by atoms with Crippen LogP contribution >= 0.6 is 0 Å². The lowest BCUT2D eigenvalue weighted by Gasteiger charge is -2.27. The Morgan fingerprint density at radius 2 is 1.84 bits per heavy atom. The van der Waals surface area contributed by atoms with Gasteiger partial charge in [-0.05, 0) is 18.2 Å². The van der Waals surface area contributed by atoms with Crippen molar-refractivity contribution in [3.8, 4) is 0 Å². The maximum atomic E-state index is 14.7. The van der Waals surface area contributed by atoms with Crippen LogP contribution in [0.4, 0.5) is 33.3 Å². The van der Waals surface area contributed by atoms with Gasteiger partial charge in [-0.1, -0.05) is 0 Å². The van der Waals surface area contributed by atoms with Crippen molar-refractivity contribution < 1.29 is 36.3 Å². The molecule has 1 saturated heterocycles. The van der Waals surface area contributed by atoms with Gasteiger partial charge in [0.2, 0.25) is 5.91 Å². The predicted octanol–water partition coefficient (Wildman–Crippen LogP) is 3.12. The zero-order valence-corrected chi connectivity index (χ0v) is 18.9. The monoisotopic (exact) mass is 522 g/mol. The van der Waals surface area contributed by atoms with Crippen LogP contribution in [0.1, 0.15) is 28.0 Å². The first-order valence-corrected chi connectivity index (χ1v) is 10.8. The van der Waals surface area contributed by atoms with Crippen LogP contribution in [0, 0.1) is 11.6 Å². The van der Waals surface area contributed by atoms with E-state index in [-0.39, 0.29) is 43.1 Å². The zero-order valence-electron chi connectivity index (χ0n) is 18.9. The summed E-state index contributed by atoms with van der Waals surface area (Å²) in [7, 11) is 0. The van der Waals surface area contributed by atoms with Crippen molar-refractivity contribution in [3.05, 3.63) is 77.6 Å². The van der Waals surface area contributed by atoms with E-state index in [0.717, 1.165) is 24.4 Å². The number of hydrogen-bond donors (Lipinski definition) is 3. The molecular formula is C23H19F5N6O3. The first kappa shape index (κ1) is 25.9. The van der Waals surface area contributed by atoms with Crippen molar-refractivity contribution >= 4 is 23.2 Å². The van der Waals surface area contributed by atoms with Gasteiger partial charge in [-0.3, -0.25) is 14.6 Å². The van der Waals surface area contributed by atoms with Crippen LogP contribution in [0.3, 0.4) is 0 Å². The van der Waals surface area contributed by atoms with Crippen molar-refractivity contribution in [2.75, 3.05) is 18.5 Å². The van der Waals surface area contributed by atoms with Gasteiger partial charge in [-0.2, -0.15) is 13.2 Å². The summed E-state index contributed by atoms with van der Waals surface area (Å²) in [5.41, 5.74) is -3.36. The number of anilines is 2. The smallest absolute Gasteiger partial charge is 0.378 e. The Kier molecular flexibility index (Phi) is 7.29. The minimum absolute atomic E-state index is 0.115. The topological polar surface area (TPSA) is 118 Å². The van der Waals surface area contributed by atoms with E-state index in [9.17, 15) is 31.5 Å². The van der Waals surface area contributed by atoms with Gasteiger partial charge in [0.15, 0.2) is 0 Å². The third kappa shape index (κ3) is 5.97. The molecule has 3 N–H and O–H groups in total. The predicted molar refractivity (Wildman–Crippen MR) is 118 cm³/mol. The number of amides is 2. The first-order valence-electron chi connectivity index (χ1n) is 10.8. The summed E-state index contributed by atoms with van der Waals surface area (Å²) in [6.07, 6.45) is 0.194. The Balaban J connectivity index is 1.44. The second-order valence-corrected chi connectivity index (χ2v) is 8.11. The third-order valence-electron chi connectivity index (χ3n) is 5.53. The number of nitrogens with zero attached hydrogens (tertiary/aromatic N) is 3. The molecule has 9 nitrogen and oxygen atoms in total. The minimum atomic E-state index is -4.84. The molecule has 0 bridgehead atoms. The number of aromatic nitrogens is 3. The molecule has 1 fully saturated rings. The van der Waals surface area contributed by atoms with Crippen LogP contribution in [0.5, 0.6) is 0 Å². The highest BCUT2D eigenvalue weighted by molar-refractivity contribution is 5.99. The Labute approximate surface area is 206 Å². The number of nitrogens with one attached hydrogen (secondary N) is 3. The summed E-state index contributed by atoms with van der Waals surface area (Å²) >= 11 is 0. The maximum absolute atomic E-state index is 14.7. The molecule has 194 valence electrons. The lowest BCUT2D eigenvalue weighted by atomic mass is 9.96. The molecule has 0 unspecified atom stereocenters. The summed E-state index contributed by atoms with van der Waals surface area (Å²) in [4.78, 5) is 36.9. The number of pyridine rings is 1. The van der Waals surface area contributed by atoms with Gasteiger partial charge < -0.3 is 20.7 Å². The number of hydrogen-bond acceptors (Lipinski definition) is 7. The maximum Gasteiger partial charge on any atom is 0.418 e. The summed E-state index contributed by atoms with van der Waals surface area (Å²) in [5.74, 6) is -3.23. The molecule has 37 heavy (non-hydrogen) atoms. The number of alkyl halides is 3. The molecule has 0 saturated carbocycles. The average molecular weight is 522 g/mol. The number of benzene rings is 1. The van der Waals surface area contributed by atoms with Crippen LogP contribution in [-0.4, -0.2) is 45.5 Å². The number of ether oxygens (including phenoxy) is 1. The van der Waals surface area contributed by atoms with Gasteiger partial charge >= 0.3 is 6.18 Å². The van der Waals surface area contributed by atoms with Gasteiger partial charge in [0.05, 0.1) is 47.5 Å². The SMILES string of the molecule is O=C(N[C@@]1(C(=O)NCc2ncc(Nc3ccc(F)cc3C(F)(F)F)cc2F)CCOC1)c1cncnc1. The molecule has 1 aromatic carbocycles. The minimum Gasteiger partial charge on any atom is -0.378 e. The quantitative estimate of drug-likeness (QED) is 0.408. The summed E-state index contributed by atoms with van der Waals surface area (Å²) < 4.78 is 72.9. The van der Waals surface area contributed by atoms with Gasteiger partial charge in [-0.15, -0.1) is 0 Å². The third-order valence-corrected chi connectivity index (χ3v) is 5.53. The van der Waals surface area contributed by atoms with Gasteiger partial charge in [0.25, 0.3) is 5.91 Å². The molecule has 4 rings (SSSR count). The van der Waals surface area contributed by atoms with E-state index in [0.29, 0.717) is 6.07 Å². The highest BCUT2D eigenvalue weighted by Crippen LogP contribution is 2.36. The second kappa shape index (κ2) is 10.4. The van der Waals surface area contributed by atoms with Crippen molar-refractivity contribution in [1.29, 1.82) is 0 Å². The molecule has 2 amide bonds. The van der Waals surface area contributed by atoms with Crippen molar-refractivity contribution in [1.82, 2.24) is 25.6 Å². The normalized spacial score (nSPS) is 17.3. The molecule has 14 heteroatoms. The van der Waals surface area contributed by atoms with E-state index >= 15 is 0 Å². The lowest BCUT2D eigenvalue weighted by molar-refractivity contribution is -0.137. The van der Waals surface area contributed by atoms with Crippen LogP contribution in [0.25, 0.3) is 0 Å². The highest BCUT2D eigenvalue weighted by Gasteiger charge is 2.44. The fraction of sp³-hybridized carbons (Fsp3) is 0.261. The zero-order chi connectivity index (χ0) is 26.6. The lowest BCUT2D eigenvalue weighted by Crippen LogP contribution is -2.59. The number of rotatable bonds is 7. The first-order chi connectivity index (χ1) is 17.6. The van der Waals surface area contributed by atoms with Crippen molar-refractivity contribution in [3.63, 3.8) is 0 Å². The largest absolute Gasteiger partial charge is 0.418 e. The Morgan fingerprint density at radius 1 is 1.08 bits per heavy atom. The molecule has 0 radical (unpaired) electrons. The standard InChI is InChI=1S/C23H19F5N6O3/c24-14-1-2-18(16(5-14)23(26,27)28)33-15-6-17(25)19(31-9-15)10-32-21(36)22(3-4-37-11-22)34-20(35)13-7-29-12-30-8-13/h1-2,5-9,12,33H,3-4,10-11H2,(H,32,36)(H,34,35)/t22-/m0/s1. The fourth-order valence-electron chi connectivity index (χ4n) is 3.62. The van der Waals surface area contributed by atoms with Crippen LogP contribution in [-0.2, 0) is 22.3 Å². The van der Waals surface area contributed by atoms with E-state index in [1.807, 2.05) is 0 Å². The molecule has 2 aromatic heterocycles. The Hall–Kier alpha value is -4.20. The average Bonchev–Trinajstić information content (AvgIpc) is 3.34. The van der Waals surface area contributed by atoms with Crippen molar-refractivity contribution in [2.24, 2.45) is 0 Å². The number of carbonyl (C=O) groups is 2. The van der Waals surface area contributed by atoms with Gasteiger partial charge in [-0.25, -0.2) is 18.7 Å². The van der Waals surface area contributed by atoms with Crippen LogP contribution < -0.4 is 16.0 Å². The molecule has 0 aliphatic carbocycles. The van der Waals surface area contributed by atoms with Crippen molar-refractivity contribution in [2.45, 2.75) is 24.7 Å². The highest BCUT2D eigenvalue weighted by atomic mass is 19.4. The Morgan fingerprint density at radius 3 is 2.49 bits per heavy atom. The van der Waals surface area contributed by atoms with E-state index in [2.05, 4.69) is 30.9 Å². The summed E-state index contributed by atoms with van der Waals surface area (Å²) in [6.45, 7) is -0.285. The van der Waals surface area contributed by atoms with E-state index < -0.39 is 46.4 Å². The van der Waals surface area contributed by atoms with Crippen LogP contribution in [0.2, 0.25) is 0 Å². The molecule has 3 heterocycles. The Bertz CT molecular complexity index is 1300. The van der Waals surface area contributed by atoms with Gasteiger partial charge in [0, 0.05) is 31.5 Å². The second-order valence-electron chi connectivity index (χ2n) is 8.11. The summed E-state index contributed by atoms with van der Waals surface area (Å²) in [5, 5.41) is 7.50. The molecule has 1 aliphatic heterocycles. The fourth-order valence-corrected chi connectivity index (χ4v) is 3.62.